The van der Waals surface area contributed by atoms with Crippen molar-refractivity contribution in [2.24, 2.45) is 0 Å². The number of nitro groups is 1. The first-order valence-corrected chi connectivity index (χ1v) is 8.71. The minimum absolute atomic E-state index is 0.00594. The van der Waals surface area contributed by atoms with E-state index in [4.69, 9.17) is 16.3 Å². The molecule has 0 spiro atoms. The van der Waals surface area contributed by atoms with Crippen molar-refractivity contribution in [1.29, 1.82) is 0 Å². The Morgan fingerprint density at radius 1 is 1.25 bits per heavy atom. The number of aromatic nitrogens is 2. The minimum Gasteiger partial charge on any atom is -0.457 e. The van der Waals surface area contributed by atoms with Crippen LogP contribution in [0.5, 0.6) is 11.5 Å². The Bertz CT molecular complexity index is 1050. The number of non-ortho nitro benzene ring substituents is 1. The number of nitrogens with one attached hydrogen (secondary N) is 1. The van der Waals surface area contributed by atoms with E-state index in [9.17, 15) is 14.9 Å². The van der Waals surface area contributed by atoms with Gasteiger partial charge in [0.05, 0.1) is 16.7 Å². The number of amides is 1. The number of carbonyl (C=O) groups excluding carboxylic acids is 1. The largest absolute Gasteiger partial charge is 0.457 e. The first-order valence-electron chi connectivity index (χ1n) is 8.33. The van der Waals surface area contributed by atoms with Crippen LogP contribution in [0.15, 0.2) is 48.7 Å². The van der Waals surface area contributed by atoms with Crippen LogP contribution in [0.2, 0.25) is 5.02 Å². The molecule has 3 aromatic rings. The highest BCUT2D eigenvalue weighted by atomic mass is 35.5. The van der Waals surface area contributed by atoms with E-state index in [-0.39, 0.29) is 29.6 Å². The summed E-state index contributed by atoms with van der Waals surface area (Å²) in [6.45, 7) is 3.63. The summed E-state index contributed by atoms with van der Waals surface area (Å²) in [6, 6.07) is 10.9. The van der Waals surface area contributed by atoms with Crippen molar-refractivity contribution in [3.05, 3.63) is 75.1 Å². The number of nitrogens with zero attached hydrogens (tertiary/aromatic N) is 3. The van der Waals surface area contributed by atoms with Crippen LogP contribution in [0.3, 0.4) is 0 Å². The number of rotatable bonds is 6. The number of benzene rings is 2. The summed E-state index contributed by atoms with van der Waals surface area (Å²) in [6.07, 6.45) is 1.59. The Hall–Kier alpha value is -3.39. The second-order valence-electron chi connectivity index (χ2n) is 6.16. The molecule has 9 heteroatoms. The Balaban J connectivity index is 1.83. The predicted molar refractivity (Wildman–Crippen MR) is 105 cm³/mol. The number of ether oxygens (including phenoxy) is 1. The summed E-state index contributed by atoms with van der Waals surface area (Å²) in [5.41, 5.74) is 1.66. The monoisotopic (exact) mass is 400 g/mol. The number of anilines is 1. The third-order valence-electron chi connectivity index (χ3n) is 3.97. The molecule has 1 aromatic heterocycles. The molecule has 0 aliphatic carbocycles. The van der Waals surface area contributed by atoms with Crippen molar-refractivity contribution in [3.8, 4) is 11.5 Å². The van der Waals surface area contributed by atoms with Crippen LogP contribution in [0.4, 0.5) is 11.4 Å². The number of carbonyl (C=O) groups is 1. The highest BCUT2D eigenvalue weighted by Gasteiger charge is 2.14. The molecule has 0 atom stereocenters. The van der Waals surface area contributed by atoms with E-state index in [0.29, 0.717) is 10.8 Å². The summed E-state index contributed by atoms with van der Waals surface area (Å²) < 4.78 is 7.30. The van der Waals surface area contributed by atoms with Crippen molar-refractivity contribution in [1.82, 2.24) is 9.78 Å². The number of hydrogen-bond acceptors (Lipinski definition) is 5. The molecule has 1 amide bonds. The van der Waals surface area contributed by atoms with Crippen molar-refractivity contribution in [2.45, 2.75) is 20.4 Å². The smallest absolute Gasteiger partial charge is 0.275 e. The molecule has 0 aliphatic rings. The van der Waals surface area contributed by atoms with Gasteiger partial charge in [-0.15, -0.1) is 0 Å². The molecule has 8 nitrogen and oxygen atoms in total. The molecule has 2 aromatic carbocycles. The maximum Gasteiger partial charge on any atom is 0.275 e. The van der Waals surface area contributed by atoms with Gasteiger partial charge in [0.15, 0.2) is 0 Å². The van der Waals surface area contributed by atoms with Crippen molar-refractivity contribution in [3.63, 3.8) is 0 Å². The van der Waals surface area contributed by atoms with Gasteiger partial charge in [0.1, 0.15) is 18.0 Å². The lowest BCUT2D eigenvalue weighted by atomic mass is 10.2. The molecule has 0 unspecified atom stereocenters. The molecule has 0 bridgehead atoms. The number of aryl methyl sites for hydroxylation is 2. The molecule has 1 heterocycles. The normalized spacial score (nSPS) is 10.5. The zero-order valence-electron chi connectivity index (χ0n) is 15.2. The number of nitro benzene ring substituents is 1. The van der Waals surface area contributed by atoms with Gasteiger partial charge in [-0.1, -0.05) is 11.6 Å². The summed E-state index contributed by atoms with van der Waals surface area (Å²) in [5, 5.41) is 18.5. The maximum absolute atomic E-state index is 12.3. The van der Waals surface area contributed by atoms with Gasteiger partial charge in [-0.2, -0.15) is 5.10 Å². The van der Waals surface area contributed by atoms with Gasteiger partial charge < -0.3 is 10.1 Å². The molecular weight excluding hydrogens is 384 g/mol. The zero-order chi connectivity index (χ0) is 20.3. The average Bonchev–Trinajstić information content (AvgIpc) is 3.02. The van der Waals surface area contributed by atoms with E-state index in [1.807, 2.05) is 13.8 Å². The van der Waals surface area contributed by atoms with Crippen molar-refractivity contribution >= 4 is 28.9 Å². The lowest BCUT2D eigenvalue weighted by molar-refractivity contribution is -0.384. The van der Waals surface area contributed by atoms with Crippen molar-refractivity contribution < 1.29 is 14.5 Å². The Morgan fingerprint density at radius 3 is 2.68 bits per heavy atom. The fourth-order valence-electron chi connectivity index (χ4n) is 2.57. The topological polar surface area (TPSA) is 99.3 Å². The third-order valence-corrected chi connectivity index (χ3v) is 4.21. The van der Waals surface area contributed by atoms with Gasteiger partial charge in [0.2, 0.25) is 5.91 Å². The van der Waals surface area contributed by atoms with E-state index in [2.05, 4.69) is 10.4 Å². The van der Waals surface area contributed by atoms with Gasteiger partial charge in [0, 0.05) is 29.0 Å². The Morgan fingerprint density at radius 2 is 2.04 bits per heavy atom. The lowest BCUT2D eigenvalue weighted by Crippen LogP contribution is -2.20. The first-order chi connectivity index (χ1) is 13.3. The number of hydrogen-bond donors (Lipinski definition) is 1. The lowest BCUT2D eigenvalue weighted by Gasteiger charge is -2.11. The molecule has 0 fully saturated rings. The summed E-state index contributed by atoms with van der Waals surface area (Å²) in [4.78, 5) is 23.0. The number of halogens is 1. The van der Waals surface area contributed by atoms with Gasteiger partial charge in [0.25, 0.3) is 5.69 Å². The quantitative estimate of drug-likeness (QED) is 0.485. The molecule has 144 valence electrons. The maximum atomic E-state index is 12.3. The SMILES string of the molecule is Cc1cc(Cl)ccc1Oc1cc(NC(=O)Cn2nccc2C)cc([N+](=O)[O-])c1. The molecular formula is C19H17ClN4O4. The van der Waals surface area contributed by atoms with Crippen LogP contribution in [0.25, 0.3) is 0 Å². The van der Waals surface area contributed by atoms with Crippen LogP contribution < -0.4 is 10.1 Å². The van der Waals surface area contributed by atoms with Gasteiger partial charge in [-0.05, 0) is 43.7 Å². The van der Waals surface area contributed by atoms with Crippen molar-refractivity contribution in [2.75, 3.05) is 5.32 Å². The van der Waals surface area contributed by atoms with Crippen LogP contribution in [-0.2, 0) is 11.3 Å². The van der Waals surface area contributed by atoms with Gasteiger partial charge in [-0.25, -0.2) is 0 Å². The van der Waals surface area contributed by atoms with Crippen LogP contribution in [0.1, 0.15) is 11.3 Å². The second-order valence-corrected chi connectivity index (χ2v) is 6.60. The molecule has 0 radical (unpaired) electrons. The molecule has 0 saturated heterocycles. The predicted octanol–water partition coefficient (Wildman–Crippen LogP) is 4.49. The average molecular weight is 401 g/mol. The molecule has 3 rings (SSSR count). The van der Waals surface area contributed by atoms with Crippen LogP contribution >= 0.6 is 11.6 Å². The molecule has 28 heavy (non-hydrogen) atoms. The van der Waals surface area contributed by atoms with E-state index >= 15 is 0 Å². The highest BCUT2D eigenvalue weighted by molar-refractivity contribution is 6.30. The van der Waals surface area contributed by atoms with E-state index in [1.165, 1.54) is 22.9 Å². The van der Waals surface area contributed by atoms with E-state index in [1.54, 1.807) is 30.5 Å². The summed E-state index contributed by atoms with van der Waals surface area (Å²) in [7, 11) is 0. The second kappa shape index (κ2) is 8.10. The fraction of sp³-hybridized carbons (Fsp3) is 0.158. The van der Waals surface area contributed by atoms with E-state index in [0.717, 1.165) is 11.3 Å². The fourth-order valence-corrected chi connectivity index (χ4v) is 2.80. The van der Waals surface area contributed by atoms with Gasteiger partial charge >= 0.3 is 0 Å². The summed E-state index contributed by atoms with van der Waals surface area (Å²) in [5.74, 6) is 0.375. The standard InChI is InChI=1S/C19H17ClN4O4/c1-12-7-14(20)3-4-18(12)28-17-9-15(8-16(10-17)24(26)27)22-19(25)11-23-13(2)5-6-21-23/h3-10H,11H2,1-2H3,(H,22,25). The third kappa shape index (κ3) is 4.66. The minimum atomic E-state index is -0.547. The first kappa shape index (κ1) is 19.4. The van der Waals surface area contributed by atoms with Crippen LogP contribution in [0, 0.1) is 24.0 Å². The Kier molecular flexibility index (Phi) is 5.60. The van der Waals surface area contributed by atoms with E-state index < -0.39 is 4.92 Å². The Labute approximate surface area is 165 Å². The van der Waals surface area contributed by atoms with Gasteiger partial charge in [-0.3, -0.25) is 19.6 Å². The zero-order valence-corrected chi connectivity index (χ0v) is 15.9. The molecule has 1 N–H and O–H groups in total. The summed E-state index contributed by atoms with van der Waals surface area (Å²) >= 11 is 5.94. The van der Waals surface area contributed by atoms with Crippen LogP contribution in [-0.4, -0.2) is 20.6 Å². The molecule has 0 saturated carbocycles. The molecule has 0 aliphatic heterocycles. The highest BCUT2D eigenvalue weighted by Crippen LogP contribution is 2.32.